The Hall–Kier alpha value is -3.58. The molecular weight excluding hydrogens is 342 g/mol. The SMILES string of the molecule is NCCOc1ccc(-c2cn(-c3cccc(O)c3)c3c(N)ncnc23)cc1. The Morgan fingerprint density at radius 1 is 1.07 bits per heavy atom. The third-order valence-corrected chi connectivity index (χ3v) is 4.26. The molecule has 0 bridgehead atoms. The quantitative estimate of drug-likeness (QED) is 0.504. The topological polar surface area (TPSA) is 112 Å². The molecule has 7 nitrogen and oxygen atoms in total. The Morgan fingerprint density at radius 2 is 1.89 bits per heavy atom. The first-order valence-electron chi connectivity index (χ1n) is 8.51. The third kappa shape index (κ3) is 3.16. The average Bonchev–Trinajstić information content (AvgIpc) is 3.08. The number of rotatable bonds is 5. The van der Waals surface area contributed by atoms with Crippen LogP contribution in [0.5, 0.6) is 11.5 Å². The maximum atomic E-state index is 9.84. The molecule has 0 atom stereocenters. The van der Waals surface area contributed by atoms with Gasteiger partial charge in [-0.3, -0.25) is 0 Å². The number of phenols is 1. The number of phenolic OH excluding ortho intramolecular Hbond substituents is 1. The molecule has 27 heavy (non-hydrogen) atoms. The lowest BCUT2D eigenvalue weighted by atomic mass is 10.1. The van der Waals surface area contributed by atoms with E-state index in [0.717, 1.165) is 28.1 Å². The molecule has 0 aliphatic carbocycles. The van der Waals surface area contributed by atoms with Crippen molar-refractivity contribution >= 4 is 16.9 Å². The predicted molar refractivity (Wildman–Crippen MR) is 105 cm³/mol. The number of hydrogen-bond donors (Lipinski definition) is 3. The van der Waals surface area contributed by atoms with E-state index >= 15 is 0 Å². The Balaban J connectivity index is 1.86. The number of anilines is 1. The molecule has 0 saturated heterocycles. The molecule has 4 rings (SSSR count). The second kappa shape index (κ2) is 6.97. The second-order valence-corrected chi connectivity index (χ2v) is 6.05. The Bertz CT molecular complexity index is 1090. The zero-order valence-electron chi connectivity index (χ0n) is 14.5. The highest BCUT2D eigenvalue weighted by Crippen LogP contribution is 2.34. The summed E-state index contributed by atoms with van der Waals surface area (Å²) in [6.45, 7) is 0.940. The molecule has 0 aliphatic heterocycles. The van der Waals surface area contributed by atoms with Crippen molar-refractivity contribution in [3.05, 3.63) is 61.1 Å². The fraction of sp³-hybridized carbons (Fsp3) is 0.100. The highest BCUT2D eigenvalue weighted by molar-refractivity contribution is 5.98. The number of nitrogens with two attached hydrogens (primary N) is 2. The molecule has 2 aromatic carbocycles. The molecule has 7 heteroatoms. The van der Waals surface area contributed by atoms with Gasteiger partial charge in [0.05, 0.1) is 0 Å². The number of aromatic nitrogens is 3. The van der Waals surface area contributed by atoms with Crippen molar-refractivity contribution in [2.75, 3.05) is 18.9 Å². The van der Waals surface area contributed by atoms with E-state index in [0.29, 0.717) is 24.5 Å². The highest BCUT2D eigenvalue weighted by atomic mass is 16.5. The maximum Gasteiger partial charge on any atom is 0.151 e. The van der Waals surface area contributed by atoms with Gasteiger partial charge in [0, 0.05) is 30.1 Å². The van der Waals surface area contributed by atoms with Crippen LogP contribution in [0.4, 0.5) is 5.82 Å². The molecule has 2 aromatic heterocycles. The van der Waals surface area contributed by atoms with Gasteiger partial charge in [-0.15, -0.1) is 0 Å². The lowest BCUT2D eigenvalue weighted by Gasteiger charge is -2.06. The summed E-state index contributed by atoms with van der Waals surface area (Å²) in [5.41, 5.74) is 15.7. The van der Waals surface area contributed by atoms with Crippen molar-refractivity contribution in [1.29, 1.82) is 0 Å². The minimum absolute atomic E-state index is 0.174. The Kier molecular flexibility index (Phi) is 4.35. The van der Waals surface area contributed by atoms with Gasteiger partial charge in [0.25, 0.3) is 0 Å². The molecule has 0 fully saturated rings. The standard InChI is InChI=1S/C20H19N5O2/c21-8-9-27-16-6-4-13(5-7-16)17-11-25(14-2-1-3-15(26)10-14)19-18(17)23-12-24-20(19)22/h1-7,10-12,26H,8-9,21H2,(H2,22,23,24). The first-order chi connectivity index (χ1) is 13.2. The minimum atomic E-state index is 0.174. The van der Waals surface area contributed by atoms with Gasteiger partial charge in [-0.05, 0) is 29.8 Å². The van der Waals surface area contributed by atoms with Gasteiger partial charge >= 0.3 is 0 Å². The van der Waals surface area contributed by atoms with Gasteiger partial charge < -0.3 is 25.9 Å². The van der Waals surface area contributed by atoms with Gasteiger partial charge in [0.15, 0.2) is 5.82 Å². The fourth-order valence-corrected chi connectivity index (χ4v) is 3.05. The maximum absolute atomic E-state index is 9.84. The molecule has 5 N–H and O–H groups in total. The van der Waals surface area contributed by atoms with E-state index in [1.807, 2.05) is 41.1 Å². The summed E-state index contributed by atoms with van der Waals surface area (Å²) in [5, 5.41) is 9.84. The van der Waals surface area contributed by atoms with Crippen molar-refractivity contribution < 1.29 is 9.84 Å². The lowest BCUT2D eigenvalue weighted by Crippen LogP contribution is -2.10. The van der Waals surface area contributed by atoms with Gasteiger partial charge in [-0.1, -0.05) is 18.2 Å². The van der Waals surface area contributed by atoms with E-state index in [4.69, 9.17) is 16.2 Å². The van der Waals surface area contributed by atoms with Gasteiger partial charge in [0.1, 0.15) is 35.5 Å². The number of benzene rings is 2. The van der Waals surface area contributed by atoms with Crippen LogP contribution in [0, 0.1) is 0 Å². The average molecular weight is 361 g/mol. The van der Waals surface area contributed by atoms with Crippen molar-refractivity contribution in [3.8, 4) is 28.3 Å². The number of nitrogens with zero attached hydrogens (tertiary/aromatic N) is 3. The predicted octanol–water partition coefficient (Wildman–Crippen LogP) is 2.71. The van der Waals surface area contributed by atoms with E-state index in [1.165, 1.54) is 6.33 Å². The van der Waals surface area contributed by atoms with Crippen LogP contribution in [0.1, 0.15) is 0 Å². The van der Waals surface area contributed by atoms with Crippen LogP contribution in [0.3, 0.4) is 0 Å². The summed E-state index contributed by atoms with van der Waals surface area (Å²) < 4.78 is 7.42. The monoisotopic (exact) mass is 361 g/mol. The van der Waals surface area contributed by atoms with Gasteiger partial charge in [0.2, 0.25) is 0 Å². The molecule has 0 amide bonds. The number of nitrogen functional groups attached to an aromatic ring is 1. The molecule has 0 radical (unpaired) electrons. The van der Waals surface area contributed by atoms with Crippen molar-refractivity contribution in [3.63, 3.8) is 0 Å². The van der Waals surface area contributed by atoms with Crippen LogP contribution in [0.25, 0.3) is 27.8 Å². The first kappa shape index (κ1) is 16.9. The number of ether oxygens (including phenoxy) is 1. The van der Waals surface area contributed by atoms with Crippen molar-refractivity contribution in [2.45, 2.75) is 0 Å². The highest BCUT2D eigenvalue weighted by Gasteiger charge is 2.16. The van der Waals surface area contributed by atoms with Crippen LogP contribution in [-0.4, -0.2) is 32.8 Å². The Morgan fingerprint density at radius 3 is 2.63 bits per heavy atom. The molecule has 0 aliphatic rings. The van der Waals surface area contributed by atoms with E-state index < -0.39 is 0 Å². The van der Waals surface area contributed by atoms with Crippen LogP contribution < -0.4 is 16.2 Å². The van der Waals surface area contributed by atoms with Crippen molar-refractivity contribution in [1.82, 2.24) is 14.5 Å². The van der Waals surface area contributed by atoms with Crippen LogP contribution >= 0.6 is 0 Å². The van der Waals surface area contributed by atoms with E-state index in [1.54, 1.807) is 18.2 Å². The molecule has 0 unspecified atom stereocenters. The van der Waals surface area contributed by atoms with E-state index in [-0.39, 0.29) is 5.75 Å². The largest absolute Gasteiger partial charge is 0.508 e. The van der Waals surface area contributed by atoms with Gasteiger partial charge in [-0.25, -0.2) is 9.97 Å². The molecule has 136 valence electrons. The Labute approximate surface area is 155 Å². The third-order valence-electron chi connectivity index (χ3n) is 4.26. The van der Waals surface area contributed by atoms with E-state index in [9.17, 15) is 5.11 Å². The summed E-state index contributed by atoms with van der Waals surface area (Å²) in [6.07, 6.45) is 3.40. The second-order valence-electron chi connectivity index (χ2n) is 6.05. The number of fused-ring (bicyclic) bond motifs is 1. The van der Waals surface area contributed by atoms with Gasteiger partial charge in [-0.2, -0.15) is 0 Å². The summed E-state index contributed by atoms with van der Waals surface area (Å²) in [5.74, 6) is 1.31. The number of aromatic hydroxyl groups is 1. The summed E-state index contributed by atoms with van der Waals surface area (Å²) in [4.78, 5) is 8.56. The van der Waals surface area contributed by atoms with Crippen LogP contribution in [0.2, 0.25) is 0 Å². The summed E-state index contributed by atoms with van der Waals surface area (Å²) >= 11 is 0. The molecule has 4 aromatic rings. The lowest BCUT2D eigenvalue weighted by molar-refractivity contribution is 0.328. The zero-order valence-corrected chi connectivity index (χ0v) is 14.5. The molecule has 0 saturated carbocycles. The molecule has 2 heterocycles. The smallest absolute Gasteiger partial charge is 0.151 e. The summed E-state index contributed by atoms with van der Waals surface area (Å²) in [7, 11) is 0. The summed E-state index contributed by atoms with van der Waals surface area (Å²) in [6, 6.07) is 14.7. The fourth-order valence-electron chi connectivity index (χ4n) is 3.05. The van der Waals surface area contributed by atoms with Crippen LogP contribution in [-0.2, 0) is 0 Å². The molecular formula is C20H19N5O2. The normalized spacial score (nSPS) is 11.0. The van der Waals surface area contributed by atoms with Crippen molar-refractivity contribution in [2.24, 2.45) is 5.73 Å². The van der Waals surface area contributed by atoms with E-state index in [2.05, 4.69) is 9.97 Å². The first-order valence-corrected chi connectivity index (χ1v) is 8.51. The number of hydrogen-bond acceptors (Lipinski definition) is 6. The van der Waals surface area contributed by atoms with Crippen LogP contribution in [0.15, 0.2) is 61.1 Å². The molecule has 0 spiro atoms. The zero-order chi connectivity index (χ0) is 18.8. The minimum Gasteiger partial charge on any atom is -0.508 e.